The number of thiocarbonyl (C=S) groups is 1. The molecular formula is C6H12N2O3S. The van der Waals surface area contributed by atoms with E-state index in [1.54, 1.807) is 0 Å². The molecule has 6 heteroatoms. The maximum atomic E-state index is 5.29. The zero-order valence-electron chi connectivity index (χ0n) is 6.62. The summed E-state index contributed by atoms with van der Waals surface area (Å²) in [6, 6.07) is 0. The summed E-state index contributed by atoms with van der Waals surface area (Å²) in [5, 5.41) is 0.171. The average Bonchev–Trinajstić information content (AvgIpc) is 2.16. The highest BCUT2D eigenvalue weighted by atomic mass is 32.1. The third-order valence-electron chi connectivity index (χ3n) is 1.40. The van der Waals surface area contributed by atoms with Crippen LogP contribution < -0.4 is 11.3 Å². The molecular weight excluding hydrogens is 180 g/mol. The van der Waals surface area contributed by atoms with E-state index in [9.17, 15) is 0 Å². The summed E-state index contributed by atoms with van der Waals surface area (Å²) in [7, 11) is 0. The van der Waals surface area contributed by atoms with E-state index in [0.29, 0.717) is 26.4 Å². The summed E-state index contributed by atoms with van der Waals surface area (Å²) in [5.74, 6) is 5.00. The standard InChI is InChI=1S/C6H12N2O3S/c7-8-6(12)11-4-5-3-9-1-2-10-5/h5H,1-4,7H2,(H,8,12)/t5-/m0/s1. The first-order chi connectivity index (χ1) is 5.83. The number of nitrogens with two attached hydrogens (primary N) is 1. The van der Waals surface area contributed by atoms with E-state index in [1.807, 2.05) is 0 Å². The summed E-state index contributed by atoms with van der Waals surface area (Å²) in [6.07, 6.45) is -0.0370. The molecule has 1 atom stereocenters. The Labute approximate surface area is 76.1 Å². The third kappa shape index (κ3) is 3.31. The number of rotatable bonds is 2. The number of nitrogens with one attached hydrogen (secondary N) is 1. The fraction of sp³-hybridized carbons (Fsp3) is 0.833. The van der Waals surface area contributed by atoms with Gasteiger partial charge in [0.2, 0.25) is 0 Å². The van der Waals surface area contributed by atoms with E-state index in [-0.39, 0.29) is 11.3 Å². The molecule has 1 saturated heterocycles. The van der Waals surface area contributed by atoms with E-state index < -0.39 is 0 Å². The molecule has 0 aromatic rings. The van der Waals surface area contributed by atoms with Gasteiger partial charge in [0.15, 0.2) is 0 Å². The van der Waals surface area contributed by atoms with Gasteiger partial charge < -0.3 is 14.2 Å². The van der Waals surface area contributed by atoms with Crippen molar-refractivity contribution in [2.45, 2.75) is 6.10 Å². The lowest BCUT2D eigenvalue weighted by Crippen LogP contribution is -2.37. The van der Waals surface area contributed by atoms with E-state index in [2.05, 4.69) is 17.6 Å². The van der Waals surface area contributed by atoms with Gasteiger partial charge in [-0.05, 0) is 12.2 Å². The Kier molecular flexibility index (Phi) is 4.23. The fourth-order valence-electron chi connectivity index (χ4n) is 0.843. The minimum atomic E-state index is -0.0370. The molecule has 1 rings (SSSR count). The van der Waals surface area contributed by atoms with Crippen molar-refractivity contribution in [3.63, 3.8) is 0 Å². The second-order valence-electron chi connectivity index (χ2n) is 2.31. The highest BCUT2D eigenvalue weighted by Gasteiger charge is 2.14. The summed E-state index contributed by atoms with van der Waals surface area (Å²) in [4.78, 5) is 0. The minimum absolute atomic E-state index is 0.0370. The average molecular weight is 192 g/mol. The van der Waals surface area contributed by atoms with Crippen LogP contribution >= 0.6 is 12.2 Å². The maximum Gasteiger partial charge on any atom is 0.271 e. The number of hydrogen-bond donors (Lipinski definition) is 2. The predicted molar refractivity (Wildman–Crippen MR) is 46.4 cm³/mol. The van der Waals surface area contributed by atoms with Crippen molar-refractivity contribution in [1.82, 2.24) is 5.43 Å². The van der Waals surface area contributed by atoms with Gasteiger partial charge in [-0.15, -0.1) is 0 Å². The predicted octanol–water partition coefficient (Wildman–Crippen LogP) is -0.833. The maximum absolute atomic E-state index is 5.29. The molecule has 0 aliphatic carbocycles. The molecule has 12 heavy (non-hydrogen) atoms. The van der Waals surface area contributed by atoms with Crippen LogP contribution in [0.4, 0.5) is 0 Å². The Morgan fingerprint density at radius 2 is 2.50 bits per heavy atom. The van der Waals surface area contributed by atoms with Crippen molar-refractivity contribution in [3.05, 3.63) is 0 Å². The van der Waals surface area contributed by atoms with Crippen molar-refractivity contribution in [3.8, 4) is 0 Å². The zero-order chi connectivity index (χ0) is 8.81. The van der Waals surface area contributed by atoms with E-state index in [4.69, 9.17) is 20.1 Å². The van der Waals surface area contributed by atoms with E-state index in [1.165, 1.54) is 0 Å². The molecule has 0 aromatic carbocycles. The second-order valence-corrected chi connectivity index (χ2v) is 2.68. The largest absolute Gasteiger partial charge is 0.467 e. The van der Waals surface area contributed by atoms with Crippen LogP contribution in [0.25, 0.3) is 0 Å². The van der Waals surface area contributed by atoms with Crippen LogP contribution in [0.1, 0.15) is 0 Å². The number of ether oxygens (including phenoxy) is 3. The highest BCUT2D eigenvalue weighted by Crippen LogP contribution is 2.00. The monoisotopic (exact) mass is 192 g/mol. The zero-order valence-corrected chi connectivity index (χ0v) is 7.43. The van der Waals surface area contributed by atoms with Gasteiger partial charge >= 0.3 is 0 Å². The molecule has 0 aromatic heterocycles. The van der Waals surface area contributed by atoms with Gasteiger partial charge in [-0.1, -0.05) is 0 Å². The molecule has 0 bridgehead atoms. The summed E-state index contributed by atoms with van der Waals surface area (Å²) in [6.45, 7) is 2.18. The van der Waals surface area contributed by atoms with Crippen molar-refractivity contribution >= 4 is 17.4 Å². The lowest BCUT2D eigenvalue weighted by Gasteiger charge is -2.22. The van der Waals surface area contributed by atoms with Crippen molar-refractivity contribution in [1.29, 1.82) is 0 Å². The van der Waals surface area contributed by atoms with Crippen LogP contribution in [0.3, 0.4) is 0 Å². The molecule has 1 aliphatic rings. The third-order valence-corrected chi connectivity index (χ3v) is 1.64. The van der Waals surface area contributed by atoms with Gasteiger partial charge in [-0.2, -0.15) is 0 Å². The molecule has 1 heterocycles. The molecule has 3 N–H and O–H groups in total. The number of hydrogen-bond acceptors (Lipinski definition) is 5. The summed E-state index contributed by atoms with van der Waals surface area (Å²) < 4.78 is 15.5. The van der Waals surface area contributed by atoms with Crippen LogP contribution in [0.2, 0.25) is 0 Å². The van der Waals surface area contributed by atoms with Gasteiger partial charge in [-0.3, -0.25) is 5.43 Å². The van der Waals surface area contributed by atoms with Gasteiger partial charge in [0, 0.05) is 0 Å². The Balaban J connectivity index is 2.09. The van der Waals surface area contributed by atoms with Crippen LogP contribution in [0.15, 0.2) is 0 Å². The first-order valence-corrected chi connectivity index (χ1v) is 4.06. The van der Waals surface area contributed by atoms with Crippen LogP contribution in [-0.2, 0) is 14.2 Å². The van der Waals surface area contributed by atoms with Gasteiger partial charge in [0.25, 0.3) is 5.17 Å². The van der Waals surface area contributed by atoms with Crippen LogP contribution in [0, 0.1) is 0 Å². The lowest BCUT2D eigenvalue weighted by atomic mass is 10.4. The van der Waals surface area contributed by atoms with Crippen LogP contribution in [-0.4, -0.2) is 37.7 Å². The number of hydrazine groups is 1. The Hall–Kier alpha value is -0.430. The van der Waals surface area contributed by atoms with E-state index >= 15 is 0 Å². The van der Waals surface area contributed by atoms with Crippen LogP contribution in [0.5, 0.6) is 0 Å². The molecule has 0 radical (unpaired) electrons. The Morgan fingerprint density at radius 3 is 3.08 bits per heavy atom. The lowest BCUT2D eigenvalue weighted by molar-refractivity contribution is -0.103. The Morgan fingerprint density at radius 1 is 1.67 bits per heavy atom. The van der Waals surface area contributed by atoms with Crippen molar-refractivity contribution in [2.75, 3.05) is 26.4 Å². The summed E-state index contributed by atoms with van der Waals surface area (Å²) >= 11 is 4.67. The fourth-order valence-corrected chi connectivity index (χ4v) is 0.911. The summed E-state index contributed by atoms with van der Waals surface area (Å²) in [5.41, 5.74) is 2.22. The molecule has 0 unspecified atom stereocenters. The molecule has 0 saturated carbocycles. The molecule has 5 nitrogen and oxygen atoms in total. The SMILES string of the molecule is NNC(=S)OC[C@@H]1COCCO1. The topological polar surface area (TPSA) is 65.7 Å². The van der Waals surface area contributed by atoms with Crippen molar-refractivity contribution < 1.29 is 14.2 Å². The normalized spacial score (nSPS) is 23.2. The molecule has 0 spiro atoms. The molecule has 1 fully saturated rings. The smallest absolute Gasteiger partial charge is 0.271 e. The minimum Gasteiger partial charge on any atom is -0.467 e. The van der Waals surface area contributed by atoms with Gasteiger partial charge in [0.1, 0.15) is 12.7 Å². The first-order valence-electron chi connectivity index (χ1n) is 3.65. The quantitative estimate of drug-likeness (QED) is 0.338. The van der Waals surface area contributed by atoms with Crippen molar-refractivity contribution in [2.24, 2.45) is 5.84 Å². The Bertz CT molecular complexity index is 150. The van der Waals surface area contributed by atoms with E-state index in [0.717, 1.165) is 0 Å². The van der Waals surface area contributed by atoms with Gasteiger partial charge in [0.05, 0.1) is 19.8 Å². The second kappa shape index (κ2) is 5.26. The van der Waals surface area contributed by atoms with Gasteiger partial charge in [-0.25, -0.2) is 5.84 Å². The first kappa shape index (κ1) is 9.66. The molecule has 0 amide bonds. The molecule has 70 valence electrons. The highest BCUT2D eigenvalue weighted by molar-refractivity contribution is 7.80. The molecule has 1 aliphatic heterocycles.